The lowest BCUT2D eigenvalue weighted by atomic mass is 10.1. The molecule has 1 rings (SSSR count). The molecule has 0 heterocycles. The van der Waals surface area contributed by atoms with Crippen LogP contribution < -0.4 is 10.6 Å². The normalized spacial score (nSPS) is 14.4. The Balaban J connectivity index is 2.51. The van der Waals surface area contributed by atoms with Gasteiger partial charge in [-0.25, -0.2) is 0 Å². The molecule has 0 fully saturated rings. The van der Waals surface area contributed by atoms with Crippen LogP contribution in [0.5, 0.6) is 0 Å². The Morgan fingerprint density at radius 2 is 1.65 bits per heavy atom. The van der Waals surface area contributed by atoms with E-state index in [9.17, 15) is 4.79 Å². The number of hydrogen-bond donors (Lipinski definition) is 2. The first-order chi connectivity index (χ1) is 8.00. The van der Waals surface area contributed by atoms with Crippen molar-refractivity contribution in [2.24, 2.45) is 0 Å². The van der Waals surface area contributed by atoms with E-state index in [1.807, 2.05) is 39.0 Å². The predicted octanol–water partition coefficient (Wildman–Crippen LogP) is 2.25. The number of hydrogen-bond acceptors (Lipinski definition) is 2. The van der Waals surface area contributed by atoms with Crippen LogP contribution >= 0.6 is 0 Å². The van der Waals surface area contributed by atoms with Gasteiger partial charge in [0.2, 0.25) is 5.91 Å². The van der Waals surface area contributed by atoms with E-state index < -0.39 is 0 Å². The molecule has 0 spiro atoms. The number of benzene rings is 1. The molecule has 0 saturated carbocycles. The molecule has 17 heavy (non-hydrogen) atoms. The molecular formula is C14H22N2O. The van der Waals surface area contributed by atoms with E-state index in [1.54, 1.807) is 0 Å². The van der Waals surface area contributed by atoms with Gasteiger partial charge in [-0.3, -0.25) is 10.1 Å². The van der Waals surface area contributed by atoms with E-state index in [2.05, 4.69) is 29.7 Å². The van der Waals surface area contributed by atoms with Gasteiger partial charge in [0.15, 0.2) is 0 Å². The molecule has 3 nitrogen and oxygen atoms in total. The summed E-state index contributed by atoms with van der Waals surface area (Å²) in [4.78, 5) is 11.7. The zero-order valence-corrected chi connectivity index (χ0v) is 11.0. The SMILES string of the molecule is CC(C)NC(=O)C(C)N[C@@H](C)c1ccccc1. The maximum Gasteiger partial charge on any atom is 0.237 e. The Bertz CT molecular complexity index is 348. The maximum atomic E-state index is 11.7. The topological polar surface area (TPSA) is 41.1 Å². The van der Waals surface area contributed by atoms with Crippen molar-refractivity contribution < 1.29 is 4.79 Å². The van der Waals surface area contributed by atoms with E-state index in [0.29, 0.717) is 0 Å². The average Bonchev–Trinajstić information content (AvgIpc) is 2.29. The minimum absolute atomic E-state index is 0.0442. The van der Waals surface area contributed by atoms with E-state index in [4.69, 9.17) is 0 Å². The third-order valence-electron chi connectivity index (χ3n) is 2.62. The highest BCUT2D eigenvalue weighted by Gasteiger charge is 2.16. The van der Waals surface area contributed by atoms with E-state index >= 15 is 0 Å². The van der Waals surface area contributed by atoms with Gasteiger partial charge in [-0.05, 0) is 33.3 Å². The van der Waals surface area contributed by atoms with Crippen molar-refractivity contribution in [3.05, 3.63) is 35.9 Å². The first kappa shape index (κ1) is 13.7. The summed E-state index contributed by atoms with van der Waals surface area (Å²) in [6, 6.07) is 10.3. The molecule has 0 aliphatic carbocycles. The van der Waals surface area contributed by atoms with E-state index in [1.165, 1.54) is 5.56 Å². The summed E-state index contributed by atoms with van der Waals surface area (Å²) in [5, 5.41) is 6.19. The monoisotopic (exact) mass is 234 g/mol. The summed E-state index contributed by atoms with van der Waals surface area (Å²) in [5.41, 5.74) is 1.19. The summed E-state index contributed by atoms with van der Waals surface area (Å²) >= 11 is 0. The fraction of sp³-hybridized carbons (Fsp3) is 0.500. The first-order valence-corrected chi connectivity index (χ1v) is 6.12. The smallest absolute Gasteiger partial charge is 0.237 e. The standard InChI is InChI=1S/C14H22N2O/c1-10(2)15-14(17)12(4)16-11(3)13-8-6-5-7-9-13/h5-12,16H,1-4H3,(H,15,17)/t11-,12?/m0/s1. The molecule has 1 unspecified atom stereocenters. The molecule has 0 saturated heterocycles. The fourth-order valence-electron chi connectivity index (χ4n) is 1.70. The van der Waals surface area contributed by atoms with Crippen molar-refractivity contribution in [2.75, 3.05) is 0 Å². The number of amides is 1. The van der Waals surface area contributed by atoms with E-state index in [-0.39, 0.29) is 24.0 Å². The van der Waals surface area contributed by atoms with Crippen molar-refractivity contribution in [3.8, 4) is 0 Å². The highest BCUT2D eigenvalue weighted by Crippen LogP contribution is 2.11. The van der Waals surface area contributed by atoms with Crippen molar-refractivity contribution >= 4 is 5.91 Å². The quantitative estimate of drug-likeness (QED) is 0.820. The zero-order valence-electron chi connectivity index (χ0n) is 11.0. The van der Waals surface area contributed by atoms with E-state index in [0.717, 1.165) is 0 Å². The number of carbonyl (C=O) groups excluding carboxylic acids is 1. The van der Waals surface area contributed by atoms with Crippen molar-refractivity contribution in [1.82, 2.24) is 10.6 Å². The second kappa shape index (κ2) is 6.40. The van der Waals surface area contributed by atoms with Crippen LogP contribution in [-0.4, -0.2) is 18.0 Å². The van der Waals surface area contributed by atoms with Crippen LogP contribution in [0.1, 0.15) is 39.3 Å². The highest BCUT2D eigenvalue weighted by molar-refractivity contribution is 5.81. The van der Waals surface area contributed by atoms with Crippen LogP contribution in [-0.2, 0) is 4.79 Å². The van der Waals surface area contributed by atoms with Gasteiger partial charge >= 0.3 is 0 Å². The molecule has 1 aromatic rings. The Hall–Kier alpha value is -1.35. The lowest BCUT2D eigenvalue weighted by Gasteiger charge is -2.21. The van der Waals surface area contributed by atoms with Crippen LogP contribution in [0.2, 0.25) is 0 Å². The summed E-state index contributed by atoms with van der Waals surface area (Å²) in [6.07, 6.45) is 0. The Morgan fingerprint density at radius 1 is 1.06 bits per heavy atom. The van der Waals surface area contributed by atoms with Crippen molar-refractivity contribution in [3.63, 3.8) is 0 Å². The van der Waals surface area contributed by atoms with Gasteiger partial charge in [-0.1, -0.05) is 30.3 Å². The molecule has 0 aliphatic rings. The van der Waals surface area contributed by atoms with Gasteiger partial charge in [-0.2, -0.15) is 0 Å². The van der Waals surface area contributed by atoms with Crippen LogP contribution in [0, 0.1) is 0 Å². The molecular weight excluding hydrogens is 212 g/mol. The largest absolute Gasteiger partial charge is 0.353 e. The average molecular weight is 234 g/mol. The molecule has 0 aromatic heterocycles. The second-order valence-electron chi connectivity index (χ2n) is 4.68. The summed E-state index contributed by atoms with van der Waals surface area (Å²) in [5.74, 6) is 0.0442. The first-order valence-electron chi connectivity index (χ1n) is 6.12. The molecule has 1 amide bonds. The molecule has 1 aromatic carbocycles. The molecule has 0 radical (unpaired) electrons. The molecule has 2 N–H and O–H groups in total. The van der Waals surface area contributed by atoms with Crippen LogP contribution in [0.25, 0.3) is 0 Å². The van der Waals surface area contributed by atoms with Gasteiger partial charge in [0.25, 0.3) is 0 Å². The third kappa shape index (κ3) is 4.57. The minimum atomic E-state index is -0.187. The van der Waals surface area contributed by atoms with Gasteiger partial charge in [0.05, 0.1) is 6.04 Å². The van der Waals surface area contributed by atoms with Gasteiger partial charge in [0, 0.05) is 12.1 Å². The molecule has 0 bridgehead atoms. The van der Waals surface area contributed by atoms with Gasteiger partial charge in [0.1, 0.15) is 0 Å². The second-order valence-corrected chi connectivity index (χ2v) is 4.68. The fourth-order valence-corrected chi connectivity index (χ4v) is 1.70. The van der Waals surface area contributed by atoms with Crippen molar-refractivity contribution in [2.45, 2.75) is 45.8 Å². The third-order valence-corrected chi connectivity index (χ3v) is 2.62. The molecule has 2 atom stereocenters. The lowest BCUT2D eigenvalue weighted by molar-refractivity contribution is -0.123. The zero-order chi connectivity index (χ0) is 12.8. The van der Waals surface area contributed by atoms with Gasteiger partial charge < -0.3 is 5.32 Å². The number of rotatable bonds is 5. The maximum absolute atomic E-state index is 11.7. The minimum Gasteiger partial charge on any atom is -0.353 e. The van der Waals surface area contributed by atoms with Gasteiger partial charge in [-0.15, -0.1) is 0 Å². The van der Waals surface area contributed by atoms with Crippen LogP contribution in [0.15, 0.2) is 30.3 Å². The Labute approximate surface area is 104 Å². The summed E-state index contributed by atoms with van der Waals surface area (Å²) in [7, 11) is 0. The van der Waals surface area contributed by atoms with Crippen molar-refractivity contribution in [1.29, 1.82) is 0 Å². The number of nitrogens with one attached hydrogen (secondary N) is 2. The number of carbonyl (C=O) groups is 1. The predicted molar refractivity (Wildman–Crippen MR) is 70.7 cm³/mol. The molecule has 94 valence electrons. The summed E-state index contributed by atoms with van der Waals surface area (Å²) < 4.78 is 0. The molecule has 0 aliphatic heterocycles. The Kier molecular flexibility index (Phi) is 5.16. The van der Waals surface area contributed by atoms with Crippen LogP contribution in [0.3, 0.4) is 0 Å². The molecule has 3 heteroatoms. The Morgan fingerprint density at radius 3 is 2.18 bits per heavy atom. The highest BCUT2D eigenvalue weighted by atomic mass is 16.2. The summed E-state index contributed by atoms with van der Waals surface area (Å²) in [6.45, 7) is 7.88. The van der Waals surface area contributed by atoms with Crippen LogP contribution in [0.4, 0.5) is 0 Å². The lowest BCUT2D eigenvalue weighted by Crippen LogP contribution is -2.45.